The summed E-state index contributed by atoms with van der Waals surface area (Å²) in [5.41, 5.74) is 1.34. The molecule has 1 N–H and O–H groups in total. The summed E-state index contributed by atoms with van der Waals surface area (Å²) >= 11 is 3.43. The second-order valence-electron chi connectivity index (χ2n) is 8.19. The molecule has 0 radical (unpaired) electrons. The van der Waals surface area contributed by atoms with Gasteiger partial charge in [-0.3, -0.25) is 4.79 Å². The van der Waals surface area contributed by atoms with E-state index in [4.69, 9.17) is 0 Å². The van der Waals surface area contributed by atoms with E-state index in [0.29, 0.717) is 18.7 Å². The average molecular weight is 457 g/mol. The lowest BCUT2D eigenvalue weighted by Crippen LogP contribution is -2.42. The zero-order valence-electron chi connectivity index (χ0n) is 16.4. The summed E-state index contributed by atoms with van der Waals surface area (Å²) in [4.78, 5) is 12.1. The predicted molar refractivity (Wildman–Crippen MR) is 114 cm³/mol. The summed E-state index contributed by atoms with van der Waals surface area (Å²) in [5, 5.41) is 2.05. The normalized spacial score (nSPS) is 23.2. The number of amides is 1. The van der Waals surface area contributed by atoms with Gasteiger partial charge in [-0.05, 0) is 23.8 Å². The monoisotopic (exact) mass is 456 g/mol. The van der Waals surface area contributed by atoms with Gasteiger partial charge in [0.15, 0.2) is 0 Å². The highest BCUT2D eigenvalue weighted by atomic mass is 79.9. The van der Waals surface area contributed by atoms with Crippen molar-refractivity contribution < 1.29 is 13.2 Å². The molecule has 27 heavy (non-hydrogen) atoms. The fourth-order valence-electron chi connectivity index (χ4n) is 2.82. The third-order valence-corrected chi connectivity index (χ3v) is 7.75. The number of likely N-dealkylation sites (N-methyl/N-ethyl adjacent to an activating group) is 1. The molecule has 150 valence electrons. The van der Waals surface area contributed by atoms with Crippen molar-refractivity contribution in [2.24, 2.45) is 5.41 Å². The number of allylic oxidation sites excluding steroid dienone is 3. The first-order valence-corrected chi connectivity index (χ1v) is 11.6. The van der Waals surface area contributed by atoms with Crippen LogP contribution in [0.4, 0.5) is 0 Å². The SMILES string of the molecule is CN(CC1=CCCC=C1)S(=O)(=O)C1C=C(C(=O)NCC(C)(C)C)C=CC1Br. The molecule has 2 aliphatic carbocycles. The molecule has 0 aromatic heterocycles. The predicted octanol–water partition coefficient (Wildman–Crippen LogP) is 3.32. The van der Waals surface area contributed by atoms with E-state index in [9.17, 15) is 13.2 Å². The van der Waals surface area contributed by atoms with Crippen LogP contribution >= 0.6 is 15.9 Å². The van der Waals surface area contributed by atoms with E-state index in [2.05, 4.69) is 33.4 Å². The molecule has 0 aromatic carbocycles. The van der Waals surface area contributed by atoms with Gasteiger partial charge >= 0.3 is 0 Å². The quantitative estimate of drug-likeness (QED) is 0.623. The number of halogens is 1. The summed E-state index contributed by atoms with van der Waals surface area (Å²) in [6.07, 6.45) is 13.0. The molecule has 5 nitrogen and oxygen atoms in total. The highest BCUT2D eigenvalue weighted by Gasteiger charge is 2.35. The molecule has 0 spiro atoms. The van der Waals surface area contributed by atoms with Crippen LogP contribution in [-0.4, -0.2) is 48.8 Å². The van der Waals surface area contributed by atoms with Gasteiger partial charge in [0, 0.05) is 25.7 Å². The highest BCUT2D eigenvalue weighted by molar-refractivity contribution is 9.09. The van der Waals surface area contributed by atoms with Crippen LogP contribution in [0.3, 0.4) is 0 Å². The minimum atomic E-state index is -3.62. The highest BCUT2D eigenvalue weighted by Crippen LogP contribution is 2.26. The Morgan fingerprint density at radius 1 is 1.30 bits per heavy atom. The van der Waals surface area contributed by atoms with Gasteiger partial charge in [0.1, 0.15) is 5.25 Å². The molecule has 0 fully saturated rings. The lowest BCUT2D eigenvalue weighted by molar-refractivity contribution is -0.117. The molecule has 0 saturated carbocycles. The summed E-state index contributed by atoms with van der Waals surface area (Å²) in [6.45, 7) is 6.95. The Morgan fingerprint density at radius 2 is 2.00 bits per heavy atom. The molecule has 0 saturated heterocycles. The molecular formula is C20H29BrN2O3S. The number of nitrogens with zero attached hydrogens (tertiary/aromatic N) is 1. The van der Waals surface area contributed by atoms with Crippen LogP contribution in [0.25, 0.3) is 0 Å². The number of hydrogen-bond donors (Lipinski definition) is 1. The van der Waals surface area contributed by atoms with Gasteiger partial charge in [-0.1, -0.05) is 73.2 Å². The topological polar surface area (TPSA) is 66.5 Å². The van der Waals surface area contributed by atoms with Crippen molar-refractivity contribution in [2.75, 3.05) is 20.1 Å². The number of hydrogen-bond acceptors (Lipinski definition) is 3. The van der Waals surface area contributed by atoms with Gasteiger partial charge in [-0.2, -0.15) is 0 Å². The van der Waals surface area contributed by atoms with Crippen molar-refractivity contribution in [2.45, 2.75) is 43.7 Å². The molecule has 1 amide bonds. The maximum atomic E-state index is 13.1. The van der Waals surface area contributed by atoms with Crippen molar-refractivity contribution in [3.8, 4) is 0 Å². The van der Waals surface area contributed by atoms with Gasteiger partial charge in [0.05, 0.1) is 4.83 Å². The number of alkyl halides is 1. The molecule has 0 bridgehead atoms. The van der Waals surface area contributed by atoms with Crippen molar-refractivity contribution >= 4 is 31.9 Å². The first-order chi connectivity index (χ1) is 12.5. The van der Waals surface area contributed by atoms with Gasteiger partial charge in [0.25, 0.3) is 5.91 Å². The molecule has 0 aliphatic heterocycles. The summed E-state index contributed by atoms with van der Waals surface area (Å²) in [6, 6.07) is 0. The molecule has 2 unspecified atom stereocenters. The Bertz CT molecular complexity index is 789. The van der Waals surface area contributed by atoms with E-state index in [-0.39, 0.29) is 16.1 Å². The van der Waals surface area contributed by atoms with E-state index in [1.165, 1.54) is 4.31 Å². The smallest absolute Gasteiger partial charge is 0.251 e. The zero-order chi connectivity index (χ0) is 20.2. The van der Waals surface area contributed by atoms with E-state index >= 15 is 0 Å². The average Bonchev–Trinajstić information content (AvgIpc) is 2.60. The second-order valence-corrected chi connectivity index (χ2v) is 11.4. The van der Waals surface area contributed by atoms with Crippen molar-refractivity contribution in [1.29, 1.82) is 0 Å². The largest absolute Gasteiger partial charge is 0.352 e. The molecule has 2 aliphatic rings. The van der Waals surface area contributed by atoms with Crippen LogP contribution in [0.15, 0.2) is 47.6 Å². The molecule has 2 atom stereocenters. The second kappa shape index (κ2) is 8.88. The maximum absolute atomic E-state index is 13.1. The third kappa shape index (κ3) is 6.16. The van der Waals surface area contributed by atoms with Gasteiger partial charge in [0.2, 0.25) is 10.0 Å². The van der Waals surface area contributed by atoms with Crippen molar-refractivity contribution in [3.63, 3.8) is 0 Å². The standard InChI is InChI=1S/C20H29BrN2O3S/c1-20(2,3)14-22-19(24)16-10-11-17(21)18(12-16)27(25,26)23(4)13-15-8-6-5-7-9-15/h6,8-12,17-18H,5,7,13-14H2,1-4H3,(H,22,24). The maximum Gasteiger partial charge on any atom is 0.251 e. The minimum Gasteiger partial charge on any atom is -0.352 e. The van der Waals surface area contributed by atoms with Gasteiger partial charge in [-0.15, -0.1) is 0 Å². The lowest BCUT2D eigenvalue weighted by atomic mass is 9.96. The fraction of sp³-hybridized carbons (Fsp3) is 0.550. The molecular weight excluding hydrogens is 428 g/mol. The Labute approximate surface area is 171 Å². The summed E-state index contributed by atoms with van der Waals surface area (Å²) < 4.78 is 27.5. The Balaban J connectivity index is 2.15. The molecule has 7 heteroatoms. The van der Waals surface area contributed by atoms with Crippen LogP contribution in [0.5, 0.6) is 0 Å². The number of carbonyl (C=O) groups excluding carboxylic acids is 1. The van der Waals surface area contributed by atoms with Crippen molar-refractivity contribution in [3.05, 3.63) is 47.6 Å². The summed E-state index contributed by atoms with van der Waals surface area (Å²) in [5.74, 6) is -0.249. The minimum absolute atomic E-state index is 0.0422. The van der Waals surface area contributed by atoms with E-state index in [1.807, 2.05) is 26.8 Å². The Kier molecular flexibility index (Phi) is 7.27. The third-order valence-electron chi connectivity index (χ3n) is 4.41. The van der Waals surface area contributed by atoms with Gasteiger partial charge in [-0.25, -0.2) is 12.7 Å². The fourth-order valence-corrected chi connectivity index (χ4v) is 5.42. The Morgan fingerprint density at radius 3 is 2.59 bits per heavy atom. The number of rotatable bonds is 6. The van der Waals surface area contributed by atoms with Crippen LogP contribution in [0.2, 0.25) is 0 Å². The van der Waals surface area contributed by atoms with Crippen molar-refractivity contribution in [1.82, 2.24) is 9.62 Å². The van der Waals surface area contributed by atoms with E-state index in [0.717, 1.165) is 18.4 Å². The van der Waals surface area contributed by atoms with E-state index in [1.54, 1.807) is 25.3 Å². The van der Waals surface area contributed by atoms with Gasteiger partial charge < -0.3 is 5.32 Å². The number of carbonyl (C=O) groups is 1. The lowest BCUT2D eigenvalue weighted by Gasteiger charge is -2.28. The van der Waals surface area contributed by atoms with Crippen LogP contribution in [0, 0.1) is 5.41 Å². The Hall–Kier alpha value is -1.18. The van der Waals surface area contributed by atoms with Crippen LogP contribution < -0.4 is 5.32 Å². The molecule has 0 aromatic rings. The summed E-state index contributed by atoms with van der Waals surface area (Å²) in [7, 11) is -2.03. The zero-order valence-corrected chi connectivity index (χ0v) is 18.8. The molecule has 0 heterocycles. The first kappa shape index (κ1) is 22.1. The first-order valence-electron chi connectivity index (χ1n) is 9.14. The van der Waals surface area contributed by atoms with E-state index < -0.39 is 15.3 Å². The molecule has 2 rings (SSSR count). The van der Waals surface area contributed by atoms with Crippen LogP contribution in [0.1, 0.15) is 33.6 Å². The number of nitrogens with one attached hydrogen (secondary N) is 1. The number of sulfonamides is 1. The van der Waals surface area contributed by atoms with Crippen LogP contribution in [-0.2, 0) is 14.8 Å².